The highest BCUT2D eigenvalue weighted by Crippen LogP contribution is 2.37. The normalized spacial score (nSPS) is 18.6. The van der Waals surface area contributed by atoms with Crippen LogP contribution >= 0.6 is 16.4 Å². The van der Waals surface area contributed by atoms with Gasteiger partial charge in [0.25, 0.3) is 0 Å². The van der Waals surface area contributed by atoms with E-state index in [1.165, 1.54) is 0 Å². The molecule has 0 aliphatic heterocycles. The maximum atomic E-state index is 6.02. The Morgan fingerprint density at radius 2 is 0.762 bits per heavy atom. The van der Waals surface area contributed by atoms with E-state index in [9.17, 15) is 0 Å². The molecule has 0 unspecified atom stereocenters. The minimum atomic E-state index is 0.695. The largest absolute Gasteiger partial charge is 0.497 e. The van der Waals surface area contributed by atoms with Crippen molar-refractivity contribution in [3.8, 4) is 11.5 Å². The first-order valence-corrected chi connectivity index (χ1v) is 15.2. The first kappa shape index (κ1) is 31.2. The Hall–Kier alpha value is -3.72. The van der Waals surface area contributed by atoms with Gasteiger partial charge < -0.3 is 28.4 Å². The van der Waals surface area contributed by atoms with E-state index in [-0.39, 0.29) is 0 Å². The van der Waals surface area contributed by atoms with Gasteiger partial charge in [0.05, 0.1) is 42.7 Å². The maximum absolute atomic E-state index is 6.02. The summed E-state index contributed by atoms with van der Waals surface area (Å²) in [5.74, 6) is 4.63. The van der Waals surface area contributed by atoms with Crippen LogP contribution in [0.3, 0.4) is 0 Å². The lowest BCUT2D eigenvalue weighted by Crippen LogP contribution is -2.20. The molecule has 4 rings (SSSR count). The summed E-state index contributed by atoms with van der Waals surface area (Å²) >= 11 is 0. The molecule has 0 fully saturated rings. The number of aryl methyl sites for hydroxylation is 4. The van der Waals surface area contributed by atoms with Gasteiger partial charge in [0.2, 0.25) is 0 Å². The van der Waals surface area contributed by atoms with Crippen molar-refractivity contribution >= 4 is 37.6 Å². The molecule has 2 aromatic rings. The van der Waals surface area contributed by atoms with Gasteiger partial charge in [-0.3, -0.25) is 0 Å². The second-order valence-electron chi connectivity index (χ2n) is 9.90. The van der Waals surface area contributed by atoms with E-state index < -0.39 is 0 Å². The van der Waals surface area contributed by atoms with E-state index in [2.05, 4.69) is 64.1 Å². The number of hydrogen-bond donors (Lipinski definition) is 0. The van der Waals surface area contributed by atoms with E-state index >= 15 is 0 Å². The van der Waals surface area contributed by atoms with Gasteiger partial charge in [-0.25, -0.2) is 0 Å². The predicted molar refractivity (Wildman–Crippen MR) is 175 cm³/mol. The summed E-state index contributed by atoms with van der Waals surface area (Å²) in [6, 6.07) is 8.65. The van der Waals surface area contributed by atoms with E-state index in [4.69, 9.17) is 28.4 Å². The summed E-state index contributed by atoms with van der Waals surface area (Å²) in [7, 11) is 12.1. The molecule has 2 aliphatic carbocycles. The van der Waals surface area contributed by atoms with Crippen LogP contribution in [-0.2, 0) is 18.9 Å². The molecule has 2 aromatic carbocycles. The molecule has 8 heteroatoms. The SMILES string of the molecule is COC1=CC(=Pc2cc(C)c(OC)c(C)c2)C(=C2C(OC)=CC(OC)=CC2=Pc2cc(C)c(OC)c(C)c2)C(OC)=C1. The summed E-state index contributed by atoms with van der Waals surface area (Å²) in [6.45, 7) is 8.28. The third-order valence-electron chi connectivity index (χ3n) is 7.07. The van der Waals surface area contributed by atoms with Crippen molar-refractivity contribution in [1.82, 2.24) is 0 Å². The summed E-state index contributed by atoms with van der Waals surface area (Å²) in [4.78, 5) is 0. The average Bonchev–Trinajstić information content (AvgIpc) is 2.96. The molecule has 0 amide bonds. The van der Waals surface area contributed by atoms with Gasteiger partial charge in [0.1, 0.15) is 34.5 Å². The van der Waals surface area contributed by atoms with Crippen molar-refractivity contribution in [1.29, 1.82) is 0 Å². The highest BCUT2D eigenvalue weighted by atomic mass is 31.1. The highest BCUT2D eigenvalue weighted by molar-refractivity contribution is 7.51. The molecule has 0 N–H and O–H groups in total. The zero-order chi connectivity index (χ0) is 30.6. The Morgan fingerprint density at radius 1 is 0.429 bits per heavy atom. The van der Waals surface area contributed by atoms with Crippen LogP contribution in [0.15, 0.2) is 82.8 Å². The molecule has 0 saturated carbocycles. The van der Waals surface area contributed by atoms with Crippen LogP contribution in [-0.4, -0.2) is 53.2 Å². The van der Waals surface area contributed by atoms with Gasteiger partial charge in [-0.15, -0.1) is 0 Å². The second-order valence-corrected chi connectivity index (χ2v) is 12.3. The maximum Gasteiger partial charge on any atom is 0.131 e. The Balaban J connectivity index is 2.05. The Kier molecular flexibility index (Phi) is 10.0. The number of rotatable bonds is 8. The van der Waals surface area contributed by atoms with Crippen LogP contribution in [0.4, 0.5) is 0 Å². The van der Waals surface area contributed by atoms with Crippen molar-refractivity contribution in [3.05, 3.63) is 105 Å². The van der Waals surface area contributed by atoms with Crippen molar-refractivity contribution in [3.63, 3.8) is 0 Å². The molecule has 0 aromatic heterocycles. The van der Waals surface area contributed by atoms with Crippen LogP contribution in [0.2, 0.25) is 0 Å². The van der Waals surface area contributed by atoms with Gasteiger partial charge >= 0.3 is 0 Å². The third kappa shape index (κ3) is 6.36. The van der Waals surface area contributed by atoms with Crippen LogP contribution in [0, 0.1) is 27.7 Å². The van der Waals surface area contributed by atoms with Gasteiger partial charge in [0.15, 0.2) is 0 Å². The lowest BCUT2D eigenvalue weighted by atomic mass is 9.92. The Labute approximate surface area is 252 Å². The Bertz CT molecular complexity index is 1450. The number of ether oxygens (including phenoxy) is 6. The highest BCUT2D eigenvalue weighted by Gasteiger charge is 2.29. The van der Waals surface area contributed by atoms with Crippen molar-refractivity contribution in [2.24, 2.45) is 0 Å². The van der Waals surface area contributed by atoms with Crippen molar-refractivity contribution in [2.75, 3.05) is 42.7 Å². The Morgan fingerprint density at radius 3 is 1.02 bits per heavy atom. The van der Waals surface area contributed by atoms with Crippen LogP contribution in [0.5, 0.6) is 11.5 Å². The molecule has 6 nitrogen and oxygen atoms in total. The first-order valence-electron chi connectivity index (χ1n) is 13.4. The van der Waals surface area contributed by atoms with E-state index in [0.29, 0.717) is 23.0 Å². The van der Waals surface area contributed by atoms with Crippen molar-refractivity contribution < 1.29 is 28.4 Å². The van der Waals surface area contributed by atoms with E-state index in [1.54, 1.807) is 42.7 Å². The molecule has 0 radical (unpaired) electrons. The van der Waals surface area contributed by atoms with Crippen LogP contribution in [0.1, 0.15) is 22.3 Å². The smallest absolute Gasteiger partial charge is 0.131 e. The van der Waals surface area contributed by atoms with Gasteiger partial charge in [-0.05, 0) is 86.4 Å². The van der Waals surface area contributed by atoms with E-state index in [0.717, 1.165) is 82.5 Å². The van der Waals surface area contributed by atoms with Gasteiger partial charge in [-0.2, -0.15) is 0 Å². The summed E-state index contributed by atoms with van der Waals surface area (Å²) in [5.41, 5.74) is 6.22. The molecular weight excluding hydrogens is 566 g/mol. The zero-order valence-electron chi connectivity index (χ0n) is 26.0. The van der Waals surface area contributed by atoms with Gasteiger partial charge in [-0.1, -0.05) is 16.4 Å². The summed E-state index contributed by atoms with van der Waals surface area (Å²) < 4.78 is 34.7. The molecule has 2 aliphatic rings. The van der Waals surface area contributed by atoms with E-state index in [1.807, 2.05) is 12.2 Å². The fraction of sp³-hybridized carbons (Fsp3) is 0.294. The number of methoxy groups -OCH3 is 6. The molecule has 0 atom stereocenters. The molecule has 42 heavy (non-hydrogen) atoms. The summed E-state index contributed by atoms with van der Waals surface area (Å²) in [5, 5.41) is 4.32. The molecule has 0 heterocycles. The lowest BCUT2D eigenvalue weighted by molar-refractivity contribution is 0.275. The quantitative estimate of drug-likeness (QED) is 0.318. The van der Waals surface area contributed by atoms with Crippen molar-refractivity contribution in [2.45, 2.75) is 27.7 Å². The molecule has 220 valence electrons. The molecule has 0 bridgehead atoms. The predicted octanol–water partition coefficient (Wildman–Crippen LogP) is 6.57. The fourth-order valence-electron chi connectivity index (χ4n) is 5.29. The zero-order valence-corrected chi connectivity index (χ0v) is 27.8. The average molecular weight is 605 g/mol. The molecule has 0 saturated heterocycles. The lowest BCUT2D eigenvalue weighted by Gasteiger charge is -2.26. The summed E-state index contributed by atoms with van der Waals surface area (Å²) in [6.07, 6.45) is 7.98. The number of hydrogen-bond acceptors (Lipinski definition) is 6. The second kappa shape index (κ2) is 13.5. The fourth-order valence-corrected chi connectivity index (χ4v) is 7.94. The topological polar surface area (TPSA) is 55.4 Å². The van der Waals surface area contributed by atoms with Crippen LogP contribution < -0.4 is 20.1 Å². The van der Waals surface area contributed by atoms with Crippen LogP contribution in [0.25, 0.3) is 0 Å². The third-order valence-corrected chi connectivity index (χ3v) is 9.29. The molecular formula is C34H38O6P2. The van der Waals surface area contributed by atoms with Gasteiger partial charge in [0, 0.05) is 44.5 Å². The number of allylic oxidation sites excluding steroid dienone is 6. The minimum Gasteiger partial charge on any atom is -0.497 e. The first-order chi connectivity index (χ1) is 20.2. The monoisotopic (exact) mass is 604 g/mol. The molecule has 0 spiro atoms. The minimum absolute atomic E-state index is 0.695. The number of benzene rings is 2. The standard InChI is InChI=1S/C34H38O6P2/c1-19-11-25(12-20(2)33(19)39-9)41-29-17-23(35-5)15-27(37-7)31(29)32-28(38-8)16-24(36-6)18-30(32)42-26-13-21(3)34(40-10)22(4)14-26/h11-18H,1-10H3.